The second-order valence-electron chi connectivity index (χ2n) is 3.54. The number of urea groups is 1. The van der Waals surface area contributed by atoms with Crippen LogP contribution in [0.2, 0.25) is 0 Å². The van der Waals surface area contributed by atoms with Crippen molar-refractivity contribution in [3.05, 3.63) is 6.20 Å². The summed E-state index contributed by atoms with van der Waals surface area (Å²) in [5, 5.41) is 7.85. The summed E-state index contributed by atoms with van der Waals surface area (Å²) in [6.07, 6.45) is -3.52. The van der Waals surface area contributed by atoms with Crippen LogP contribution in [-0.4, -0.2) is 27.3 Å². The molecule has 0 aromatic carbocycles. The van der Waals surface area contributed by atoms with Gasteiger partial charge in [-0.3, -0.25) is 5.32 Å². The molecule has 96 valence electrons. The van der Waals surface area contributed by atoms with Crippen LogP contribution in [0.5, 0.6) is 0 Å². The number of alkyl halides is 3. The molecule has 0 aliphatic carbocycles. The third-order valence-electron chi connectivity index (χ3n) is 2.32. The van der Waals surface area contributed by atoms with Crippen LogP contribution in [0.25, 0.3) is 0 Å². The van der Waals surface area contributed by atoms with Crippen LogP contribution in [0.15, 0.2) is 6.20 Å². The first kappa shape index (κ1) is 13.7. The Morgan fingerprint density at radius 3 is 2.59 bits per heavy atom. The Morgan fingerprint density at radius 1 is 1.53 bits per heavy atom. The molecule has 1 unspecified atom stereocenters. The third kappa shape index (κ3) is 3.29. The number of halogens is 3. The average molecular weight is 268 g/mol. The largest absolute Gasteiger partial charge is 0.411 e. The monoisotopic (exact) mass is 268 g/mol. The molecule has 0 aliphatic rings. The molecule has 1 heterocycles. The molecular weight excluding hydrogens is 257 g/mol. The molecular formula is C8H11F3N4OS. The standard InChI is InChI=1S/C8H11F3N4OS/c1-3-7(2,8(9,10)11)14-6(16)13-5-4-12-15-17-5/h4H,3H2,1-2H3,(H2,13,14,16). The van der Waals surface area contributed by atoms with E-state index in [1.807, 2.05) is 5.32 Å². The van der Waals surface area contributed by atoms with Gasteiger partial charge < -0.3 is 5.32 Å². The van der Waals surface area contributed by atoms with E-state index in [-0.39, 0.29) is 11.4 Å². The number of amides is 2. The SMILES string of the molecule is CCC(C)(NC(=O)Nc1cnns1)C(F)(F)F. The zero-order valence-corrected chi connectivity index (χ0v) is 9.95. The van der Waals surface area contributed by atoms with E-state index >= 15 is 0 Å². The third-order valence-corrected chi connectivity index (χ3v) is 2.90. The number of nitrogens with one attached hydrogen (secondary N) is 2. The van der Waals surface area contributed by atoms with Gasteiger partial charge in [0, 0.05) is 11.5 Å². The lowest BCUT2D eigenvalue weighted by Gasteiger charge is -2.31. The van der Waals surface area contributed by atoms with Crippen LogP contribution >= 0.6 is 11.5 Å². The number of hydrogen-bond acceptors (Lipinski definition) is 4. The summed E-state index contributed by atoms with van der Waals surface area (Å²) in [6, 6.07) is -0.933. The minimum atomic E-state index is -4.51. The molecule has 0 bridgehead atoms. The summed E-state index contributed by atoms with van der Waals surface area (Å²) in [5.41, 5.74) is -2.25. The second kappa shape index (κ2) is 4.86. The van der Waals surface area contributed by atoms with Crippen LogP contribution in [-0.2, 0) is 0 Å². The van der Waals surface area contributed by atoms with Crippen molar-refractivity contribution in [1.29, 1.82) is 0 Å². The molecule has 9 heteroatoms. The van der Waals surface area contributed by atoms with Crippen molar-refractivity contribution in [3.63, 3.8) is 0 Å². The minimum absolute atomic E-state index is 0.259. The molecule has 0 saturated heterocycles. The maximum Gasteiger partial charge on any atom is 0.411 e. The first-order valence-electron chi connectivity index (χ1n) is 4.72. The van der Waals surface area contributed by atoms with Gasteiger partial charge in [-0.1, -0.05) is 11.4 Å². The highest BCUT2D eigenvalue weighted by molar-refractivity contribution is 7.10. The zero-order chi connectivity index (χ0) is 13.1. The number of nitrogens with zero attached hydrogens (tertiary/aromatic N) is 2. The Hall–Kier alpha value is -1.38. The summed E-state index contributed by atoms with van der Waals surface area (Å²) in [5.74, 6) is 0. The van der Waals surface area contributed by atoms with E-state index in [1.54, 1.807) is 0 Å². The smallest absolute Gasteiger partial charge is 0.324 e. The number of aromatic nitrogens is 2. The lowest BCUT2D eigenvalue weighted by Crippen LogP contribution is -2.57. The molecule has 2 amide bonds. The normalized spacial score (nSPS) is 15.1. The van der Waals surface area contributed by atoms with Crippen LogP contribution in [0, 0.1) is 0 Å². The summed E-state index contributed by atoms with van der Waals surface area (Å²) >= 11 is 0.878. The van der Waals surface area contributed by atoms with Crippen molar-refractivity contribution in [2.24, 2.45) is 0 Å². The molecule has 0 radical (unpaired) electrons. The van der Waals surface area contributed by atoms with Gasteiger partial charge in [-0.05, 0) is 13.3 Å². The van der Waals surface area contributed by atoms with Crippen molar-refractivity contribution in [2.45, 2.75) is 32.0 Å². The van der Waals surface area contributed by atoms with E-state index < -0.39 is 17.7 Å². The van der Waals surface area contributed by atoms with E-state index in [0.717, 1.165) is 18.5 Å². The van der Waals surface area contributed by atoms with Crippen molar-refractivity contribution >= 4 is 22.6 Å². The molecule has 17 heavy (non-hydrogen) atoms. The predicted molar refractivity (Wildman–Crippen MR) is 56.8 cm³/mol. The molecule has 0 fully saturated rings. The van der Waals surface area contributed by atoms with E-state index in [4.69, 9.17) is 0 Å². The lowest BCUT2D eigenvalue weighted by atomic mass is 9.98. The summed E-state index contributed by atoms with van der Waals surface area (Å²) in [4.78, 5) is 11.4. The molecule has 0 aliphatic heterocycles. The predicted octanol–water partition coefficient (Wildman–Crippen LogP) is 2.39. The van der Waals surface area contributed by atoms with Crippen LogP contribution in [0.3, 0.4) is 0 Å². The molecule has 0 saturated carbocycles. The van der Waals surface area contributed by atoms with Crippen LogP contribution < -0.4 is 10.6 Å². The Morgan fingerprint density at radius 2 is 2.18 bits per heavy atom. The fourth-order valence-corrected chi connectivity index (χ4v) is 1.39. The quantitative estimate of drug-likeness (QED) is 0.884. The van der Waals surface area contributed by atoms with Crippen molar-refractivity contribution in [2.75, 3.05) is 5.32 Å². The zero-order valence-electron chi connectivity index (χ0n) is 9.13. The number of rotatable bonds is 3. The van der Waals surface area contributed by atoms with Gasteiger partial charge in [-0.2, -0.15) is 13.2 Å². The highest BCUT2D eigenvalue weighted by Crippen LogP contribution is 2.32. The van der Waals surface area contributed by atoms with E-state index in [1.165, 1.54) is 13.1 Å². The van der Waals surface area contributed by atoms with Gasteiger partial charge in [-0.15, -0.1) is 5.10 Å². The Bertz CT molecular complexity index is 381. The first-order chi connectivity index (χ1) is 7.78. The topological polar surface area (TPSA) is 66.9 Å². The highest BCUT2D eigenvalue weighted by Gasteiger charge is 2.50. The first-order valence-corrected chi connectivity index (χ1v) is 5.49. The number of carbonyl (C=O) groups is 1. The fourth-order valence-electron chi connectivity index (χ4n) is 0.976. The van der Waals surface area contributed by atoms with Gasteiger partial charge in [-0.25, -0.2) is 4.79 Å². The van der Waals surface area contributed by atoms with Gasteiger partial charge in [0.15, 0.2) is 0 Å². The molecule has 2 N–H and O–H groups in total. The molecule has 1 rings (SSSR count). The average Bonchev–Trinajstić information content (AvgIpc) is 2.68. The maximum atomic E-state index is 12.7. The van der Waals surface area contributed by atoms with Gasteiger partial charge in [0.2, 0.25) is 0 Å². The Labute approximate surface area is 99.6 Å². The van der Waals surface area contributed by atoms with Gasteiger partial charge in [0.1, 0.15) is 10.5 Å². The summed E-state index contributed by atoms with van der Waals surface area (Å²) < 4.78 is 41.5. The molecule has 5 nitrogen and oxygen atoms in total. The van der Waals surface area contributed by atoms with Crippen LogP contribution in [0.1, 0.15) is 20.3 Å². The molecule has 0 spiro atoms. The van der Waals surface area contributed by atoms with E-state index in [2.05, 4.69) is 14.9 Å². The maximum absolute atomic E-state index is 12.7. The Balaban J connectivity index is 2.66. The van der Waals surface area contributed by atoms with Crippen molar-refractivity contribution in [1.82, 2.24) is 14.9 Å². The number of hydrogen-bond donors (Lipinski definition) is 2. The van der Waals surface area contributed by atoms with Crippen LogP contribution in [0.4, 0.5) is 23.0 Å². The van der Waals surface area contributed by atoms with Gasteiger partial charge in [0.25, 0.3) is 0 Å². The number of carbonyl (C=O) groups excluding carboxylic acids is 1. The van der Waals surface area contributed by atoms with Crippen molar-refractivity contribution in [3.8, 4) is 0 Å². The highest BCUT2D eigenvalue weighted by atomic mass is 32.1. The van der Waals surface area contributed by atoms with Gasteiger partial charge in [0.05, 0.1) is 6.20 Å². The van der Waals surface area contributed by atoms with Crippen molar-refractivity contribution < 1.29 is 18.0 Å². The summed E-state index contributed by atoms with van der Waals surface area (Å²) in [7, 11) is 0. The molecule has 1 aromatic heterocycles. The minimum Gasteiger partial charge on any atom is -0.324 e. The summed E-state index contributed by atoms with van der Waals surface area (Å²) in [6.45, 7) is 2.28. The van der Waals surface area contributed by atoms with E-state index in [0.29, 0.717) is 0 Å². The van der Waals surface area contributed by atoms with Gasteiger partial charge >= 0.3 is 12.2 Å². The fraction of sp³-hybridized carbons (Fsp3) is 0.625. The Kier molecular flexibility index (Phi) is 3.91. The molecule has 1 aromatic rings. The second-order valence-corrected chi connectivity index (χ2v) is 4.33. The van der Waals surface area contributed by atoms with E-state index in [9.17, 15) is 18.0 Å². The number of anilines is 1. The lowest BCUT2D eigenvalue weighted by molar-refractivity contribution is -0.188. The molecule has 1 atom stereocenters.